The lowest BCUT2D eigenvalue weighted by Crippen LogP contribution is -2.43. The van der Waals surface area contributed by atoms with Gasteiger partial charge in [0.1, 0.15) is 17.3 Å². The van der Waals surface area contributed by atoms with E-state index in [1.807, 2.05) is 6.26 Å². The summed E-state index contributed by atoms with van der Waals surface area (Å²) in [4.78, 5) is 28.9. The van der Waals surface area contributed by atoms with Crippen molar-refractivity contribution in [2.45, 2.75) is 11.6 Å². The first-order chi connectivity index (χ1) is 14.0. The van der Waals surface area contributed by atoms with Crippen molar-refractivity contribution in [2.24, 2.45) is 0 Å². The number of hydrogen-bond donors (Lipinski definition) is 2. The first-order valence-corrected chi connectivity index (χ1v) is 9.84. The number of imidazole rings is 1. The predicted octanol–water partition coefficient (Wildman–Crippen LogP) is 2.75. The molecule has 2 N–H and O–H groups in total. The van der Waals surface area contributed by atoms with Gasteiger partial charge in [0.2, 0.25) is 5.91 Å². The summed E-state index contributed by atoms with van der Waals surface area (Å²) in [6, 6.07) is 12.8. The summed E-state index contributed by atoms with van der Waals surface area (Å²) >= 11 is 1.34. The first-order valence-electron chi connectivity index (χ1n) is 8.61. The number of benzene rings is 2. The summed E-state index contributed by atoms with van der Waals surface area (Å²) in [5, 5.41) is 0.561. The molecule has 9 heteroatoms. The third-order valence-electron chi connectivity index (χ3n) is 4.07. The van der Waals surface area contributed by atoms with Crippen LogP contribution in [0.25, 0.3) is 5.69 Å². The lowest BCUT2D eigenvalue weighted by molar-refractivity contribution is -0.121. The van der Waals surface area contributed by atoms with Crippen molar-refractivity contribution < 1.29 is 18.7 Å². The van der Waals surface area contributed by atoms with Gasteiger partial charge in [0.15, 0.2) is 5.16 Å². The molecule has 29 heavy (non-hydrogen) atoms. The molecule has 0 saturated heterocycles. The number of nitrogens with one attached hydrogen (secondary N) is 2. The van der Waals surface area contributed by atoms with Gasteiger partial charge in [-0.1, -0.05) is 23.9 Å². The van der Waals surface area contributed by atoms with Crippen LogP contribution >= 0.6 is 11.8 Å². The highest BCUT2D eigenvalue weighted by Gasteiger charge is 2.18. The second-order valence-electron chi connectivity index (χ2n) is 5.97. The highest BCUT2D eigenvalue weighted by atomic mass is 32.2. The molecule has 0 bridgehead atoms. The van der Waals surface area contributed by atoms with Crippen LogP contribution in [0.3, 0.4) is 0 Å². The second-order valence-corrected chi connectivity index (χ2v) is 6.74. The Bertz CT molecular complexity index is 1000. The highest BCUT2D eigenvalue weighted by molar-refractivity contribution is 7.98. The van der Waals surface area contributed by atoms with Gasteiger partial charge in [-0.2, -0.15) is 0 Å². The van der Waals surface area contributed by atoms with Crippen molar-refractivity contribution in [3.8, 4) is 11.4 Å². The van der Waals surface area contributed by atoms with Gasteiger partial charge < -0.3 is 4.74 Å². The van der Waals surface area contributed by atoms with E-state index in [1.54, 1.807) is 48.1 Å². The number of rotatable bonds is 6. The van der Waals surface area contributed by atoms with E-state index in [2.05, 4.69) is 15.8 Å². The van der Waals surface area contributed by atoms with Crippen molar-refractivity contribution in [3.63, 3.8) is 0 Å². The number of amides is 2. The van der Waals surface area contributed by atoms with E-state index in [-0.39, 0.29) is 23.8 Å². The quantitative estimate of drug-likeness (QED) is 0.479. The Hall–Kier alpha value is -3.33. The van der Waals surface area contributed by atoms with E-state index < -0.39 is 5.91 Å². The fourth-order valence-electron chi connectivity index (χ4n) is 2.64. The van der Waals surface area contributed by atoms with Gasteiger partial charge in [-0.25, -0.2) is 9.37 Å². The number of methoxy groups -OCH3 is 1. The van der Waals surface area contributed by atoms with E-state index in [4.69, 9.17) is 4.74 Å². The fourth-order valence-corrected chi connectivity index (χ4v) is 3.19. The Kier molecular flexibility index (Phi) is 6.50. The van der Waals surface area contributed by atoms with Crippen LogP contribution in [0, 0.1) is 5.82 Å². The van der Waals surface area contributed by atoms with Crippen LogP contribution in [0.2, 0.25) is 0 Å². The molecule has 0 fully saturated rings. The van der Waals surface area contributed by atoms with E-state index in [0.717, 1.165) is 5.56 Å². The van der Waals surface area contributed by atoms with Gasteiger partial charge in [0, 0.05) is 5.69 Å². The molecule has 0 aliphatic carbocycles. The van der Waals surface area contributed by atoms with Crippen molar-refractivity contribution >= 4 is 23.6 Å². The molecule has 0 spiro atoms. The monoisotopic (exact) mass is 414 g/mol. The maximum atomic E-state index is 13.2. The Morgan fingerprint density at radius 1 is 1.10 bits per heavy atom. The number of hydrazine groups is 1. The topological polar surface area (TPSA) is 85.2 Å². The Morgan fingerprint density at radius 3 is 2.41 bits per heavy atom. The molecule has 0 radical (unpaired) electrons. The summed E-state index contributed by atoms with van der Waals surface area (Å²) in [7, 11) is 1.57. The zero-order valence-electron chi connectivity index (χ0n) is 15.8. The average molecular weight is 414 g/mol. The van der Waals surface area contributed by atoms with Crippen LogP contribution in [0.1, 0.15) is 16.1 Å². The second kappa shape index (κ2) is 9.24. The van der Waals surface area contributed by atoms with Crippen LogP contribution in [-0.2, 0) is 11.2 Å². The fraction of sp³-hybridized carbons (Fsp3) is 0.150. The summed E-state index contributed by atoms with van der Waals surface area (Å²) in [6.07, 6.45) is 3.32. The molecule has 3 aromatic rings. The third kappa shape index (κ3) is 4.94. The molecule has 0 aliphatic rings. The molecule has 7 nitrogen and oxygen atoms in total. The molecule has 150 valence electrons. The number of nitrogens with zero attached hydrogens (tertiary/aromatic N) is 2. The number of carbonyl (C=O) groups is 2. The molecule has 0 saturated carbocycles. The minimum Gasteiger partial charge on any atom is -0.497 e. The SMILES string of the molecule is COc1ccc(CC(=O)NNC(=O)c2cnc(SC)n2-c2ccc(F)cc2)cc1. The number of aromatic nitrogens is 2. The van der Waals surface area contributed by atoms with Crippen LogP contribution in [0.4, 0.5) is 4.39 Å². The summed E-state index contributed by atoms with van der Waals surface area (Å²) in [5.74, 6) is -0.593. The first kappa shape index (κ1) is 20.4. The molecule has 1 heterocycles. The van der Waals surface area contributed by atoms with E-state index in [0.29, 0.717) is 16.6 Å². The van der Waals surface area contributed by atoms with Gasteiger partial charge in [0.25, 0.3) is 5.91 Å². The van der Waals surface area contributed by atoms with Crippen molar-refractivity contribution in [1.82, 2.24) is 20.4 Å². The molecule has 2 amide bonds. The predicted molar refractivity (Wildman–Crippen MR) is 108 cm³/mol. The number of halogens is 1. The van der Waals surface area contributed by atoms with Crippen molar-refractivity contribution in [1.29, 1.82) is 0 Å². The summed E-state index contributed by atoms with van der Waals surface area (Å²) < 4.78 is 19.9. The number of ether oxygens (including phenoxy) is 1. The molecule has 0 aliphatic heterocycles. The van der Waals surface area contributed by atoms with E-state index >= 15 is 0 Å². The van der Waals surface area contributed by atoms with Crippen molar-refractivity contribution in [3.05, 3.63) is 71.8 Å². The van der Waals surface area contributed by atoms with Gasteiger partial charge in [0.05, 0.1) is 19.7 Å². The van der Waals surface area contributed by atoms with E-state index in [1.165, 1.54) is 30.1 Å². The van der Waals surface area contributed by atoms with Gasteiger partial charge in [-0.3, -0.25) is 25.0 Å². The van der Waals surface area contributed by atoms with E-state index in [9.17, 15) is 14.0 Å². The minimum absolute atomic E-state index is 0.0948. The lowest BCUT2D eigenvalue weighted by atomic mass is 10.1. The molecule has 0 atom stereocenters. The molecule has 0 unspecified atom stereocenters. The lowest BCUT2D eigenvalue weighted by Gasteiger charge is -2.12. The van der Waals surface area contributed by atoms with Crippen molar-refractivity contribution in [2.75, 3.05) is 13.4 Å². The largest absolute Gasteiger partial charge is 0.497 e. The Morgan fingerprint density at radius 2 is 1.79 bits per heavy atom. The maximum Gasteiger partial charge on any atom is 0.288 e. The zero-order valence-corrected chi connectivity index (χ0v) is 16.6. The standard InChI is InChI=1S/C20H19FN4O3S/c1-28-16-9-3-13(4-10-16)11-18(26)23-24-19(27)17-12-22-20(29-2)25(17)15-7-5-14(21)6-8-15/h3-10,12H,11H2,1-2H3,(H,23,26)(H,24,27). The average Bonchev–Trinajstić information content (AvgIpc) is 3.17. The normalized spacial score (nSPS) is 10.4. The summed E-state index contributed by atoms with van der Waals surface area (Å²) in [6.45, 7) is 0. The molecular formula is C20H19FN4O3S. The number of carbonyl (C=O) groups excluding carboxylic acids is 2. The van der Waals surface area contributed by atoms with Gasteiger partial charge in [-0.05, 0) is 48.2 Å². The molecule has 3 rings (SSSR count). The molecule has 2 aromatic carbocycles. The number of thioether (sulfide) groups is 1. The smallest absolute Gasteiger partial charge is 0.288 e. The van der Waals surface area contributed by atoms with Gasteiger partial charge >= 0.3 is 0 Å². The van der Waals surface area contributed by atoms with Crippen LogP contribution in [-0.4, -0.2) is 34.7 Å². The maximum absolute atomic E-state index is 13.2. The zero-order chi connectivity index (χ0) is 20.8. The van der Waals surface area contributed by atoms with Crippen LogP contribution in [0.15, 0.2) is 59.9 Å². The third-order valence-corrected chi connectivity index (χ3v) is 4.72. The number of hydrogen-bond acceptors (Lipinski definition) is 5. The minimum atomic E-state index is -0.537. The Balaban J connectivity index is 1.68. The van der Waals surface area contributed by atoms with Crippen LogP contribution in [0.5, 0.6) is 5.75 Å². The Labute approximate surface area is 171 Å². The highest BCUT2D eigenvalue weighted by Crippen LogP contribution is 2.22. The molecule has 1 aromatic heterocycles. The molecular weight excluding hydrogens is 395 g/mol. The van der Waals surface area contributed by atoms with Gasteiger partial charge in [-0.15, -0.1) is 0 Å². The summed E-state index contributed by atoms with van der Waals surface area (Å²) in [5.41, 5.74) is 6.36. The van der Waals surface area contributed by atoms with Crippen LogP contribution < -0.4 is 15.6 Å².